The number of amides is 2. The van der Waals surface area contributed by atoms with E-state index in [9.17, 15) is 9.59 Å². The molecule has 0 aliphatic heterocycles. The summed E-state index contributed by atoms with van der Waals surface area (Å²) in [5.41, 5.74) is 1.73. The van der Waals surface area contributed by atoms with Crippen LogP contribution in [0.1, 0.15) is 23.7 Å². The van der Waals surface area contributed by atoms with Gasteiger partial charge in [-0.15, -0.1) is 0 Å². The molecule has 0 spiro atoms. The van der Waals surface area contributed by atoms with Crippen LogP contribution in [0.3, 0.4) is 0 Å². The second-order valence-electron chi connectivity index (χ2n) is 5.97. The standard InChI is InChI=1S/C18H16Cl2N2O2/c1-10-8-14(10)18(24)21-12-4-2-11(3-5-12)17(23)22-13-6-7-15(19)16(20)9-13/h2-7,9-10,14H,8H2,1H3,(H,21,24)(H,22,23). The lowest BCUT2D eigenvalue weighted by Crippen LogP contribution is -2.15. The molecule has 0 aromatic heterocycles. The van der Waals surface area contributed by atoms with Gasteiger partial charge in [-0.2, -0.15) is 0 Å². The number of carbonyl (C=O) groups excluding carboxylic acids is 2. The maximum atomic E-state index is 12.2. The second kappa shape index (κ2) is 6.83. The molecule has 3 rings (SSSR count). The molecule has 1 fully saturated rings. The maximum Gasteiger partial charge on any atom is 0.255 e. The molecule has 0 heterocycles. The van der Waals surface area contributed by atoms with E-state index in [0.29, 0.717) is 32.9 Å². The molecule has 2 atom stereocenters. The van der Waals surface area contributed by atoms with Crippen molar-refractivity contribution in [2.24, 2.45) is 11.8 Å². The van der Waals surface area contributed by atoms with E-state index in [1.165, 1.54) is 0 Å². The second-order valence-corrected chi connectivity index (χ2v) is 6.78. The highest BCUT2D eigenvalue weighted by Crippen LogP contribution is 2.38. The van der Waals surface area contributed by atoms with E-state index in [4.69, 9.17) is 23.2 Å². The molecule has 1 saturated carbocycles. The highest BCUT2D eigenvalue weighted by Gasteiger charge is 2.39. The van der Waals surface area contributed by atoms with Gasteiger partial charge in [0.2, 0.25) is 5.91 Å². The van der Waals surface area contributed by atoms with E-state index >= 15 is 0 Å². The number of hydrogen-bond donors (Lipinski definition) is 2. The van der Waals surface area contributed by atoms with Crippen molar-refractivity contribution in [3.63, 3.8) is 0 Å². The monoisotopic (exact) mass is 362 g/mol. The maximum absolute atomic E-state index is 12.2. The van der Waals surface area contributed by atoms with Crippen LogP contribution in [0.25, 0.3) is 0 Å². The summed E-state index contributed by atoms with van der Waals surface area (Å²) in [6.07, 6.45) is 0.940. The predicted octanol–water partition coefficient (Wildman–Crippen LogP) is 4.84. The minimum absolute atomic E-state index is 0.0375. The average Bonchev–Trinajstić information content (AvgIpc) is 3.29. The van der Waals surface area contributed by atoms with E-state index < -0.39 is 0 Å². The molecule has 1 aliphatic rings. The molecule has 2 unspecified atom stereocenters. The topological polar surface area (TPSA) is 58.2 Å². The van der Waals surface area contributed by atoms with Crippen LogP contribution < -0.4 is 10.6 Å². The van der Waals surface area contributed by atoms with Crippen LogP contribution in [-0.2, 0) is 4.79 Å². The Morgan fingerprint density at radius 2 is 1.58 bits per heavy atom. The fourth-order valence-corrected chi connectivity index (χ4v) is 2.70. The van der Waals surface area contributed by atoms with E-state index in [1.54, 1.807) is 42.5 Å². The molecule has 124 valence electrons. The van der Waals surface area contributed by atoms with Crippen LogP contribution in [0.15, 0.2) is 42.5 Å². The first kappa shape index (κ1) is 16.8. The van der Waals surface area contributed by atoms with Gasteiger partial charge in [0.15, 0.2) is 0 Å². The van der Waals surface area contributed by atoms with Crippen molar-refractivity contribution in [2.75, 3.05) is 10.6 Å². The summed E-state index contributed by atoms with van der Waals surface area (Å²) >= 11 is 11.8. The molecule has 2 aromatic rings. The Morgan fingerprint density at radius 3 is 2.17 bits per heavy atom. The molecule has 2 amide bonds. The van der Waals surface area contributed by atoms with Gasteiger partial charge in [0.05, 0.1) is 10.0 Å². The summed E-state index contributed by atoms with van der Waals surface area (Å²) in [5.74, 6) is 0.349. The first-order valence-corrected chi connectivity index (χ1v) is 8.37. The normalized spacial score (nSPS) is 18.8. The highest BCUT2D eigenvalue weighted by atomic mass is 35.5. The first-order valence-electron chi connectivity index (χ1n) is 7.61. The lowest BCUT2D eigenvalue weighted by atomic mass is 10.2. The Labute approximate surface area is 150 Å². The Kier molecular flexibility index (Phi) is 4.78. The van der Waals surface area contributed by atoms with Crippen molar-refractivity contribution >= 4 is 46.4 Å². The number of carbonyl (C=O) groups is 2. The lowest BCUT2D eigenvalue weighted by molar-refractivity contribution is -0.117. The third kappa shape index (κ3) is 3.89. The van der Waals surface area contributed by atoms with Crippen molar-refractivity contribution in [2.45, 2.75) is 13.3 Å². The summed E-state index contributed by atoms with van der Waals surface area (Å²) in [6, 6.07) is 11.7. The molecular weight excluding hydrogens is 347 g/mol. The quantitative estimate of drug-likeness (QED) is 0.817. The fourth-order valence-electron chi connectivity index (χ4n) is 2.40. The largest absolute Gasteiger partial charge is 0.326 e. The van der Waals surface area contributed by atoms with Gasteiger partial charge in [0.1, 0.15) is 0 Å². The Hall–Kier alpha value is -2.04. The zero-order valence-electron chi connectivity index (χ0n) is 13.0. The van der Waals surface area contributed by atoms with Crippen LogP contribution in [0.5, 0.6) is 0 Å². The molecule has 6 heteroatoms. The number of anilines is 2. The number of hydrogen-bond acceptors (Lipinski definition) is 2. The van der Waals surface area contributed by atoms with Crippen molar-refractivity contribution in [1.29, 1.82) is 0 Å². The zero-order chi connectivity index (χ0) is 17.3. The van der Waals surface area contributed by atoms with Gasteiger partial charge in [-0.25, -0.2) is 0 Å². The van der Waals surface area contributed by atoms with Gasteiger partial charge < -0.3 is 10.6 Å². The molecule has 2 N–H and O–H groups in total. The van der Waals surface area contributed by atoms with Crippen molar-refractivity contribution in [3.05, 3.63) is 58.1 Å². The molecule has 4 nitrogen and oxygen atoms in total. The minimum Gasteiger partial charge on any atom is -0.326 e. The summed E-state index contributed by atoms with van der Waals surface area (Å²) in [7, 11) is 0. The van der Waals surface area contributed by atoms with E-state index in [1.807, 2.05) is 0 Å². The number of nitrogens with one attached hydrogen (secondary N) is 2. The van der Waals surface area contributed by atoms with Gasteiger partial charge in [0.25, 0.3) is 5.91 Å². The van der Waals surface area contributed by atoms with Gasteiger partial charge in [-0.1, -0.05) is 30.1 Å². The third-order valence-electron chi connectivity index (χ3n) is 4.04. The highest BCUT2D eigenvalue weighted by molar-refractivity contribution is 6.42. The summed E-state index contributed by atoms with van der Waals surface area (Å²) in [5, 5.41) is 6.42. The summed E-state index contributed by atoms with van der Waals surface area (Å²) in [4.78, 5) is 24.1. The van der Waals surface area contributed by atoms with Crippen LogP contribution in [0.4, 0.5) is 11.4 Å². The number of halogens is 2. The molecule has 24 heavy (non-hydrogen) atoms. The molecule has 2 aromatic carbocycles. The minimum atomic E-state index is -0.262. The smallest absolute Gasteiger partial charge is 0.255 e. The number of benzene rings is 2. The SMILES string of the molecule is CC1CC1C(=O)Nc1ccc(C(=O)Nc2ccc(Cl)c(Cl)c2)cc1. The molecule has 0 radical (unpaired) electrons. The van der Waals surface area contributed by atoms with Crippen molar-refractivity contribution < 1.29 is 9.59 Å². The van der Waals surface area contributed by atoms with Gasteiger partial charge >= 0.3 is 0 Å². The van der Waals surface area contributed by atoms with Crippen molar-refractivity contribution in [3.8, 4) is 0 Å². The fraction of sp³-hybridized carbons (Fsp3) is 0.222. The predicted molar refractivity (Wildman–Crippen MR) is 96.8 cm³/mol. The van der Waals surface area contributed by atoms with Crippen LogP contribution in [-0.4, -0.2) is 11.8 Å². The van der Waals surface area contributed by atoms with E-state index in [0.717, 1.165) is 6.42 Å². The third-order valence-corrected chi connectivity index (χ3v) is 4.78. The van der Waals surface area contributed by atoms with Crippen LogP contribution >= 0.6 is 23.2 Å². The van der Waals surface area contributed by atoms with Crippen LogP contribution in [0, 0.1) is 11.8 Å². The number of rotatable bonds is 4. The molecule has 0 saturated heterocycles. The molecule has 0 bridgehead atoms. The van der Waals surface area contributed by atoms with Gasteiger partial charge in [-0.3, -0.25) is 9.59 Å². The lowest BCUT2D eigenvalue weighted by Gasteiger charge is -2.08. The van der Waals surface area contributed by atoms with Crippen molar-refractivity contribution in [1.82, 2.24) is 0 Å². The van der Waals surface area contributed by atoms with E-state index in [-0.39, 0.29) is 17.7 Å². The Balaban J connectivity index is 1.63. The average molecular weight is 363 g/mol. The summed E-state index contributed by atoms with van der Waals surface area (Å²) < 4.78 is 0. The molecule has 1 aliphatic carbocycles. The Bertz CT molecular complexity index is 790. The van der Waals surface area contributed by atoms with Gasteiger partial charge in [-0.05, 0) is 54.8 Å². The summed E-state index contributed by atoms with van der Waals surface area (Å²) in [6.45, 7) is 2.06. The molecular formula is C18H16Cl2N2O2. The zero-order valence-corrected chi connectivity index (χ0v) is 14.5. The van der Waals surface area contributed by atoms with Gasteiger partial charge in [0, 0.05) is 22.9 Å². The Morgan fingerprint density at radius 1 is 0.958 bits per heavy atom. The first-order chi connectivity index (χ1) is 11.4. The van der Waals surface area contributed by atoms with Crippen LogP contribution in [0.2, 0.25) is 10.0 Å². The van der Waals surface area contributed by atoms with E-state index in [2.05, 4.69) is 17.6 Å².